The summed E-state index contributed by atoms with van der Waals surface area (Å²) in [7, 11) is 0. The van der Waals surface area contributed by atoms with Gasteiger partial charge in [0.15, 0.2) is 5.65 Å². The summed E-state index contributed by atoms with van der Waals surface area (Å²) in [6, 6.07) is 7.58. The molecule has 0 fully saturated rings. The van der Waals surface area contributed by atoms with Crippen molar-refractivity contribution in [1.82, 2.24) is 20.1 Å². The Morgan fingerprint density at radius 2 is 2.00 bits per heavy atom. The zero-order valence-corrected chi connectivity index (χ0v) is 14.6. The van der Waals surface area contributed by atoms with Crippen molar-refractivity contribution in [1.29, 1.82) is 0 Å². The van der Waals surface area contributed by atoms with Gasteiger partial charge in [0.25, 0.3) is 6.43 Å². The van der Waals surface area contributed by atoms with Crippen LogP contribution in [0.2, 0.25) is 0 Å². The molecule has 0 aliphatic carbocycles. The summed E-state index contributed by atoms with van der Waals surface area (Å²) < 4.78 is 27.9. The van der Waals surface area contributed by atoms with Gasteiger partial charge in [0, 0.05) is 41.2 Å². The van der Waals surface area contributed by atoms with E-state index in [-0.39, 0.29) is 11.8 Å². The topological polar surface area (TPSA) is 65.0 Å². The van der Waals surface area contributed by atoms with E-state index in [0.717, 1.165) is 5.69 Å². The highest BCUT2D eigenvalue weighted by molar-refractivity contribution is 5.86. The number of aromatic hydroxyl groups is 1. The quantitative estimate of drug-likeness (QED) is 0.745. The van der Waals surface area contributed by atoms with Crippen LogP contribution in [0.25, 0.3) is 22.3 Å². The lowest BCUT2D eigenvalue weighted by atomic mass is 9.94. The molecule has 3 heterocycles. The molecular formula is C19H20F2N4O. The number of nitrogens with zero attached hydrogens (tertiary/aromatic N) is 3. The van der Waals surface area contributed by atoms with Crippen molar-refractivity contribution in [3.05, 3.63) is 41.6 Å². The van der Waals surface area contributed by atoms with Gasteiger partial charge in [0.05, 0.1) is 11.7 Å². The predicted molar refractivity (Wildman–Crippen MR) is 95.3 cm³/mol. The van der Waals surface area contributed by atoms with E-state index in [1.54, 1.807) is 30.3 Å². The minimum Gasteiger partial charge on any atom is -0.507 e. The monoisotopic (exact) mass is 358 g/mol. The fourth-order valence-corrected chi connectivity index (χ4v) is 3.81. The Labute approximate surface area is 149 Å². The average Bonchev–Trinajstić information content (AvgIpc) is 2.98. The number of aromatic amines is 1. The van der Waals surface area contributed by atoms with E-state index < -0.39 is 12.5 Å². The Morgan fingerprint density at radius 3 is 2.69 bits per heavy atom. The number of fused-ring (bicyclic) bond motifs is 3. The number of H-pyrrole nitrogens is 1. The van der Waals surface area contributed by atoms with Gasteiger partial charge in [-0.25, -0.2) is 8.78 Å². The van der Waals surface area contributed by atoms with E-state index in [4.69, 9.17) is 0 Å². The third-order valence-corrected chi connectivity index (χ3v) is 5.03. The summed E-state index contributed by atoms with van der Waals surface area (Å²) >= 11 is 0. The molecule has 2 N–H and O–H groups in total. The zero-order chi connectivity index (χ0) is 18.4. The molecule has 5 nitrogen and oxygen atoms in total. The van der Waals surface area contributed by atoms with Crippen LogP contribution < -0.4 is 0 Å². The summed E-state index contributed by atoms with van der Waals surface area (Å²) in [5.74, 6) is 0.0831. The van der Waals surface area contributed by atoms with Crippen LogP contribution in [-0.2, 0) is 6.42 Å². The van der Waals surface area contributed by atoms with Gasteiger partial charge in [-0.2, -0.15) is 0 Å². The van der Waals surface area contributed by atoms with Crippen molar-refractivity contribution >= 4 is 11.0 Å². The van der Waals surface area contributed by atoms with Crippen LogP contribution in [0.1, 0.15) is 31.1 Å². The molecule has 0 spiro atoms. The maximum absolute atomic E-state index is 14.0. The highest BCUT2D eigenvalue weighted by Crippen LogP contribution is 2.40. The minimum absolute atomic E-state index is 0.0135. The molecule has 1 aromatic carbocycles. The number of nitrogens with one attached hydrogen (secondary N) is 1. The molecule has 0 saturated carbocycles. The van der Waals surface area contributed by atoms with Crippen molar-refractivity contribution in [2.24, 2.45) is 0 Å². The number of para-hydroxylation sites is 1. The molecule has 2 aromatic heterocycles. The molecule has 7 heteroatoms. The molecule has 0 radical (unpaired) electrons. The first-order chi connectivity index (χ1) is 12.5. The summed E-state index contributed by atoms with van der Waals surface area (Å²) in [4.78, 5) is 4.99. The summed E-state index contributed by atoms with van der Waals surface area (Å²) in [6.07, 6.45) is -1.84. The molecule has 3 aromatic rings. The first kappa shape index (κ1) is 16.9. The van der Waals surface area contributed by atoms with Crippen molar-refractivity contribution in [2.75, 3.05) is 6.54 Å². The Hall–Kier alpha value is -2.54. The fourth-order valence-electron chi connectivity index (χ4n) is 3.81. The second kappa shape index (κ2) is 6.32. The Bertz CT molecular complexity index is 954. The molecule has 1 atom stereocenters. The van der Waals surface area contributed by atoms with E-state index in [1.165, 1.54) is 0 Å². The van der Waals surface area contributed by atoms with Gasteiger partial charge >= 0.3 is 0 Å². The van der Waals surface area contributed by atoms with Crippen LogP contribution in [0.4, 0.5) is 8.78 Å². The van der Waals surface area contributed by atoms with E-state index >= 15 is 0 Å². The maximum atomic E-state index is 14.0. The lowest BCUT2D eigenvalue weighted by Crippen LogP contribution is -2.43. The lowest BCUT2D eigenvalue weighted by Gasteiger charge is -2.38. The van der Waals surface area contributed by atoms with E-state index in [2.05, 4.69) is 15.2 Å². The van der Waals surface area contributed by atoms with Crippen LogP contribution >= 0.6 is 0 Å². The molecule has 1 aliphatic heterocycles. The molecule has 0 amide bonds. The highest BCUT2D eigenvalue weighted by Gasteiger charge is 2.38. The maximum Gasteiger partial charge on any atom is 0.258 e. The van der Waals surface area contributed by atoms with E-state index in [0.29, 0.717) is 40.8 Å². The van der Waals surface area contributed by atoms with Gasteiger partial charge in [-0.15, -0.1) is 10.2 Å². The standard InChI is InChI=1S/C19H20F2N4O/c1-10(2)25-8-7-13-16(17(25)18(20)21)12-9-14(23-24-19(12)22-13)11-5-3-4-6-15(11)26/h3-6,9-10,17-18,26H,7-8H2,1-2H3,(H,22,24)/t17-/m1/s1. The lowest BCUT2D eigenvalue weighted by molar-refractivity contribution is 0.00303. The Kier molecular flexibility index (Phi) is 4.11. The largest absolute Gasteiger partial charge is 0.507 e. The van der Waals surface area contributed by atoms with Crippen molar-refractivity contribution in [3.63, 3.8) is 0 Å². The number of halogens is 2. The number of phenols is 1. The fraction of sp³-hybridized carbons (Fsp3) is 0.368. The third-order valence-electron chi connectivity index (χ3n) is 5.03. The van der Waals surface area contributed by atoms with Gasteiger partial charge < -0.3 is 10.1 Å². The number of hydrogen-bond donors (Lipinski definition) is 2. The molecule has 0 unspecified atom stereocenters. The highest BCUT2D eigenvalue weighted by atomic mass is 19.3. The van der Waals surface area contributed by atoms with Crippen LogP contribution in [0.3, 0.4) is 0 Å². The predicted octanol–water partition coefficient (Wildman–Crippen LogP) is 3.90. The Balaban J connectivity index is 1.91. The van der Waals surface area contributed by atoms with Crippen molar-refractivity contribution in [3.8, 4) is 17.0 Å². The van der Waals surface area contributed by atoms with E-state index in [9.17, 15) is 13.9 Å². The number of aromatic nitrogens is 3. The van der Waals surface area contributed by atoms with Crippen LogP contribution in [0.15, 0.2) is 30.3 Å². The van der Waals surface area contributed by atoms with Crippen LogP contribution in [0, 0.1) is 0 Å². The van der Waals surface area contributed by atoms with Crippen LogP contribution in [-0.4, -0.2) is 44.2 Å². The molecule has 4 rings (SSSR count). The Morgan fingerprint density at radius 1 is 1.23 bits per heavy atom. The molecule has 0 bridgehead atoms. The van der Waals surface area contributed by atoms with Gasteiger partial charge in [-0.3, -0.25) is 4.90 Å². The number of hydrogen-bond acceptors (Lipinski definition) is 4. The molecule has 0 saturated heterocycles. The molecular weight excluding hydrogens is 338 g/mol. The number of phenolic OH excluding ortho intramolecular Hbond substituents is 1. The molecule has 1 aliphatic rings. The SMILES string of the molecule is CC(C)N1CCc2[nH]c3nnc(-c4ccccc4O)cc3c2[C@@H]1C(F)F. The second-order valence-corrected chi connectivity index (χ2v) is 6.89. The first-order valence-electron chi connectivity index (χ1n) is 8.67. The smallest absolute Gasteiger partial charge is 0.258 e. The first-order valence-corrected chi connectivity index (χ1v) is 8.67. The average molecular weight is 358 g/mol. The molecule has 136 valence electrons. The molecule has 26 heavy (non-hydrogen) atoms. The number of benzene rings is 1. The number of alkyl halides is 2. The summed E-state index contributed by atoms with van der Waals surface area (Å²) in [6.45, 7) is 4.44. The van der Waals surface area contributed by atoms with Gasteiger partial charge in [-0.1, -0.05) is 12.1 Å². The van der Waals surface area contributed by atoms with Gasteiger partial charge in [0.1, 0.15) is 5.75 Å². The zero-order valence-electron chi connectivity index (χ0n) is 14.6. The van der Waals surface area contributed by atoms with E-state index in [1.807, 2.05) is 18.7 Å². The normalized spacial score (nSPS) is 18.0. The van der Waals surface area contributed by atoms with Gasteiger partial charge in [0.2, 0.25) is 0 Å². The van der Waals surface area contributed by atoms with Crippen LogP contribution in [0.5, 0.6) is 5.75 Å². The summed E-state index contributed by atoms with van der Waals surface area (Å²) in [5, 5.41) is 19.1. The van der Waals surface area contributed by atoms with Crippen molar-refractivity contribution in [2.45, 2.75) is 38.8 Å². The number of rotatable bonds is 3. The summed E-state index contributed by atoms with van der Waals surface area (Å²) in [5.41, 5.74) is 2.90. The van der Waals surface area contributed by atoms with Crippen molar-refractivity contribution < 1.29 is 13.9 Å². The third kappa shape index (κ3) is 2.63. The minimum atomic E-state index is -2.50. The second-order valence-electron chi connectivity index (χ2n) is 6.89. The van der Waals surface area contributed by atoms with Gasteiger partial charge in [-0.05, 0) is 32.0 Å².